The largest absolute Gasteiger partial charge is 0.456 e. The zero-order valence-electron chi connectivity index (χ0n) is 35.1. The van der Waals surface area contributed by atoms with Gasteiger partial charge in [-0.1, -0.05) is 37.2 Å². The minimum absolute atomic E-state index is 0. The highest BCUT2D eigenvalue weighted by Gasteiger charge is 2.46. The van der Waals surface area contributed by atoms with E-state index in [1.54, 1.807) is 28.5 Å². The van der Waals surface area contributed by atoms with E-state index >= 15 is 0 Å². The molecule has 4 N–H and O–H groups in total. The number of hydrogen-bond donors (Lipinski definition) is 4. The fourth-order valence-corrected chi connectivity index (χ4v) is 6.87. The summed E-state index contributed by atoms with van der Waals surface area (Å²) < 4.78 is 24.6. The molecule has 0 radical (unpaired) electrons. The number of esters is 2. The van der Waals surface area contributed by atoms with Crippen LogP contribution in [0.4, 0.5) is 11.9 Å². The molecule has 4 aromatic rings. The third-order valence-electron chi connectivity index (χ3n) is 8.79. The fourth-order valence-electron chi connectivity index (χ4n) is 5.92. The van der Waals surface area contributed by atoms with Gasteiger partial charge in [0.15, 0.2) is 46.5 Å². The van der Waals surface area contributed by atoms with Gasteiger partial charge in [-0.3, -0.25) is 43.1 Å². The van der Waals surface area contributed by atoms with Gasteiger partial charge in [0.05, 0.1) is 42.4 Å². The Morgan fingerprint density at radius 3 is 1.66 bits per heavy atom. The summed E-state index contributed by atoms with van der Waals surface area (Å²) in [5, 5.41) is 20.3. The van der Waals surface area contributed by atoms with Gasteiger partial charge in [-0.2, -0.15) is 9.97 Å². The Kier molecular flexibility index (Phi) is 18.2. The van der Waals surface area contributed by atoms with Crippen LogP contribution in [-0.4, -0.2) is 157 Å². The van der Waals surface area contributed by atoms with E-state index in [0.717, 1.165) is 6.42 Å². The number of fused-ring (bicyclic) bond motifs is 2. The van der Waals surface area contributed by atoms with E-state index in [1.807, 2.05) is 27.9 Å². The first kappa shape index (κ1) is 51.4. The second-order valence-corrected chi connectivity index (χ2v) is 16.4. The zero-order valence-corrected chi connectivity index (χ0v) is 38.3. The summed E-state index contributed by atoms with van der Waals surface area (Å²) in [5.74, 6) is -0.616. The van der Waals surface area contributed by atoms with Crippen molar-refractivity contribution < 1.29 is 43.5 Å². The smallest absolute Gasteiger partial charge is 0.303 e. The average molecular weight is 1000 g/mol. The molecule has 4 aromatic heterocycles. The normalized spacial score (nSPS) is 23.4. The van der Waals surface area contributed by atoms with E-state index in [2.05, 4.69) is 76.5 Å². The van der Waals surface area contributed by atoms with Gasteiger partial charge in [0, 0.05) is 42.0 Å². The number of imidazole rings is 2. The van der Waals surface area contributed by atoms with Gasteiger partial charge in [0.2, 0.25) is 16.6 Å². The maximum atomic E-state index is 12.3. The number of carbonyl (C=O) groups excluding carboxylic acids is 3. The van der Waals surface area contributed by atoms with E-state index in [9.17, 15) is 34.2 Å². The number of ether oxygens (including phenoxy) is 4. The van der Waals surface area contributed by atoms with Gasteiger partial charge in [0.25, 0.3) is 11.1 Å². The van der Waals surface area contributed by atoms with Crippen molar-refractivity contribution in [1.29, 1.82) is 0 Å². The highest BCUT2D eigenvalue weighted by atomic mass is 79.9. The van der Waals surface area contributed by atoms with E-state index in [4.69, 9.17) is 14.2 Å². The van der Waals surface area contributed by atoms with E-state index in [-0.39, 0.29) is 51.6 Å². The van der Waals surface area contributed by atoms with Crippen molar-refractivity contribution in [2.75, 3.05) is 28.2 Å². The third-order valence-corrected chi connectivity index (χ3v) is 10.9. The van der Waals surface area contributed by atoms with Gasteiger partial charge in [-0.25, -0.2) is 20.0 Å². The number of alkyl halides is 1. The molecule has 62 heavy (non-hydrogen) atoms. The fraction of sp³-hybridized carbons (Fsp3) is 0.595. The lowest BCUT2D eigenvalue weighted by Crippen LogP contribution is -2.32. The van der Waals surface area contributed by atoms with Crippen molar-refractivity contribution in [3.05, 3.63) is 33.4 Å². The van der Waals surface area contributed by atoms with Crippen LogP contribution in [0.1, 0.15) is 74.3 Å². The topological polar surface area (TPSA) is 287 Å². The Bertz CT molecular complexity index is 2360. The number of aliphatic hydroxyl groups is 2. The maximum Gasteiger partial charge on any atom is 0.303 e. The van der Waals surface area contributed by atoms with E-state index < -0.39 is 65.5 Å². The van der Waals surface area contributed by atoms with Crippen molar-refractivity contribution in [3.63, 3.8) is 0 Å². The molecule has 2 fully saturated rings. The molecule has 8 atom stereocenters. The Morgan fingerprint density at radius 2 is 1.29 bits per heavy atom. The van der Waals surface area contributed by atoms with Crippen LogP contribution in [-0.2, 0) is 33.3 Å². The highest BCUT2D eigenvalue weighted by molar-refractivity contribution is 9.18. The first-order valence-electron chi connectivity index (χ1n) is 18.8. The lowest BCUT2D eigenvalue weighted by atomic mass is 10.1. The molecule has 0 saturated carbocycles. The molecule has 0 amide bonds. The molecule has 342 valence electrons. The average Bonchev–Trinajstić information content (AvgIpc) is 3.94. The standard InChI is InChI=1S/C16H21BrN6O4.C14H20N6O4.C6H9BrO3.CH4/c1-5-9-10(17)12(26-8(2)24)15(27-9)23-7-18-11-13(23)20-16(21-14(11)25)19-6-22(3)4;1-4-7-9(21)10(22)13(24-7)20-6-15-8-11(20)17-14(18-12(8)23)16-5-19(2)3;1-4(8)10-6(2,3)5(7)9;/h6-7,9-10,12,15H,5H2,1-4H3,(H,20,21,25);5-7,9-10,13,21-22H,4H2,1-3H3,(H,17,18,23);1-3H3;1H4/t9-,10+,12?,15-;7-,9-,10-,13-;;/m11../s1. The third kappa shape index (κ3) is 12.4. The number of hydrogen-bond acceptors (Lipinski definition) is 17. The number of nitrogens with one attached hydrogen (secondary N) is 2. The van der Waals surface area contributed by atoms with Crippen LogP contribution < -0.4 is 11.1 Å². The predicted molar refractivity (Wildman–Crippen MR) is 235 cm³/mol. The summed E-state index contributed by atoms with van der Waals surface area (Å²) in [5.41, 5.74) is -1.08. The minimum Gasteiger partial charge on any atom is -0.456 e. The van der Waals surface area contributed by atoms with Crippen molar-refractivity contribution in [2.45, 2.75) is 115 Å². The molecule has 0 aliphatic carbocycles. The molecule has 2 saturated heterocycles. The number of carbonyl (C=O) groups is 3. The quantitative estimate of drug-likeness (QED) is 0.0552. The molecule has 6 heterocycles. The molecule has 1 unspecified atom stereocenters. The molecule has 23 nitrogen and oxygen atoms in total. The molecule has 0 spiro atoms. The summed E-state index contributed by atoms with van der Waals surface area (Å²) in [6.45, 7) is 9.48. The van der Waals surface area contributed by atoms with Crippen molar-refractivity contribution in [3.8, 4) is 0 Å². The summed E-state index contributed by atoms with van der Waals surface area (Å²) >= 11 is 6.27. The summed E-state index contributed by atoms with van der Waals surface area (Å²) in [7, 11) is 7.20. The van der Waals surface area contributed by atoms with Crippen molar-refractivity contribution in [1.82, 2.24) is 48.8 Å². The number of aliphatic imine (C=N–C) groups is 2. The number of aromatic nitrogens is 8. The Hall–Kier alpha value is -4.95. The first-order valence-corrected chi connectivity index (χ1v) is 20.5. The summed E-state index contributed by atoms with van der Waals surface area (Å²) in [6.07, 6.45) is 2.23. The van der Waals surface area contributed by atoms with Crippen LogP contribution in [0.2, 0.25) is 0 Å². The van der Waals surface area contributed by atoms with Crippen molar-refractivity contribution in [2.24, 2.45) is 9.98 Å². The summed E-state index contributed by atoms with van der Waals surface area (Å²) in [6, 6.07) is 0. The van der Waals surface area contributed by atoms with Crippen LogP contribution in [0.15, 0.2) is 32.2 Å². The van der Waals surface area contributed by atoms with Crippen LogP contribution in [0, 0.1) is 0 Å². The monoisotopic (exact) mass is 1000 g/mol. The van der Waals surface area contributed by atoms with Gasteiger partial charge in [0.1, 0.15) is 12.2 Å². The van der Waals surface area contributed by atoms with E-state index in [0.29, 0.717) is 12.1 Å². The second kappa shape index (κ2) is 21.9. The molecular formula is C37H54Br2N12O11. The SMILES string of the molecule is C.CC(=O)OC(C)(C)C(=O)Br.CC[C@H]1O[C@@H](n2cnc3c(=O)[nH]c(N=CN(C)C)nc32)C(OC(C)=O)[C@H]1Br.CC[C@H]1O[C@@H](n2cnc3c(=O)[nH]c(N=CN(C)C)nc32)[C@H](O)[C@@H]1O. The molecule has 2 aliphatic rings. The Balaban J connectivity index is 0.000000270. The van der Waals surface area contributed by atoms with Crippen molar-refractivity contribution >= 4 is 95.4 Å². The molecular weight excluding hydrogens is 948 g/mol. The Labute approximate surface area is 373 Å². The van der Waals surface area contributed by atoms with Crippen LogP contribution in [0.5, 0.6) is 0 Å². The lowest BCUT2D eigenvalue weighted by molar-refractivity contribution is -0.158. The number of aliphatic hydroxyl groups excluding tert-OH is 2. The number of H-pyrrole nitrogens is 2. The zero-order chi connectivity index (χ0) is 45.5. The molecule has 0 aromatic carbocycles. The Morgan fingerprint density at radius 1 is 0.839 bits per heavy atom. The number of aromatic amines is 2. The maximum absolute atomic E-state index is 12.3. The highest BCUT2D eigenvalue weighted by Crippen LogP contribution is 2.38. The van der Waals surface area contributed by atoms with Crippen LogP contribution in [0.25, 0.3) is 22.3 Å². The molecule has 2 aliphatic heterocycles. The molecule has 25 heteroatoms. The number of nitrogens with zero attached hydrogens (tertiary/aromatic N) is 10. The van der Waals surface area contributed by atoms with Gasteiger partial charge in [-0.15, -0.1) is 0 Å². The lowest BCUT2D eigenvalue weighted by Gasteiger charge is -2.21. The minimum atomic E-state index is -1.14. The predicted octanol–water partition coefficient (Wildman–Crippen LogP) is 2.60. The van der Waals surface area contributed by atoms with Crippen LogP contribution in [0.3, 0.4) is 0 Å². The van der Waals surface area contributed by atoms with Crippen LogP contribution >= 0.6 is 31.9 Å². The molecule has 6 rings (SSSR count). The van der Waals surface area contributed by atoms with E-state index in [1.165, 1.54) is 57.6 Å². The van der Waals surface area contributed by atoms with Gasteiger partial charge in [-0.05, 0) is 42.6 Å². The number of halogens is 2. The first-order chi connectivity index (χ1) is 28.6. The number of rotatable bonds is 11. The second-order valence-electron chi connectivity index (χ2n) is 14.7. The molecule has 0 bridgehead atoms. The summed E-state index contributed by atoms with van der Waals surface area (Å²) in [4.78, 5) is 90.4. The van der Waals surface area contributed by atoms with Gasteiger partial charge >= 0.3 is 11.9 Å². The van der Waals surface area contributed by atoms with Gasteiger partial charge < -0.3 is 39.0 Å².